The van der Waals surface area contributed by atoms with Crippen molar-refractivity contribution in [1.29, 1.82) is 0 Å². The zero-order valence-corrected chi connectivity index (χ0v) is 25.0. The molecule has 3 N–H and O–H groups in total. The second-order valence-electron chi connectivity index (χ2n) is 11.4. The molecule has 2 heterocycles. The summed E-state index contributed by atoms with van der Waals surface area (Å²) < 4.78 is 11.4. The topological polar surface area (TPSA) is 172 Å². The Bertz CT molecular complexity index is 1340. The summed E-state index contributed by atoms with van der Waals surface area (Å²) in [5, 5.41) is 22.5. The number of aromatic nitrogens is 1. The van der Waals surface area contributed by atoms with E-state index in [1.807, 2.05) is 44.2 Å². The van der Waals surface area contributed by atoms with E-state index in [9.17, 15) is 34.2 Å². The van der Waals surface area contributed by atoms with Crippen molar-refractivity contribution in [3.05, 3.63) is 54.2 Å². The molecular formula is C30H38BN3O9. The van der Waals surface area contributed by atoms with E-state index in [0.717, 1.165) is 5.56 Å². The van der Waals surface area contributed by atoms with E-state index in [0.29, 0.717) is 12.1 Å². The molecule has 230 valence electrons. The standard InChI is InChI=1S/C30H38BN3O9/c1-18(2)14-21(31-42-29(41)30(43-31,17-26(38)39)16-25(37)34(4)5)15-24(36)27(19(3)35)33-28(40)23-13-9-12-22(32-23)20-10-7-6-8-11-20/h6-13,18-19,21,27,35H,14-17H2,1-5H3,(H,33,40)(H,38,39)/t19-,21-,27+,30-/m1/s1. The van der Waals surface area contributed by atoms with Crippen LogP contribution in [0.4, 0.5) is 0 Å². The number of hydrogen-bond acceptors (Lipinski definition) is 9. The van der Waals surface area contributed by atoms with Gasteiger partial charge in [0.2, 0.25) is 5.91 Å². The van der Waals surface area contributed by atoms with Crippen molar-refractivity contribution < 1.29 is 43.5 Å². The third kappa shape index (κ3) is 8.71. The van der Waals surface area contributed by atoms with E-state index in [4.69, 9.17) is 9.31 Å². The molecule has 1 aliphatic heterocycles. The van der Waals surface area contributed by atoms with Gasteiger partial charge in [0, 0.05) is 31.9 Å². The van der Waals surface area contributed by atoms with E-state index in [2.05, 4.69) is 10.3 Å². The first-order chi connectivity index (χ1) is 20.2. The van der Waals surface area contributed by atoms with Gasteiger partial charge in [-0.1, -0.05) is 50.2 Å². The number of amides is 2. The van der Waals surface area contributed by atoms with Gasteiger partial charge in [-0.25, -0.2) is 4.98 Å². The predicted octanol–water partition coefficient (Wildman–Crippen LogP) is 2.36. The minimum atomic E-state index is -2.05. The van der Waals surface area contributed by atoms with Crippen molar-refractivity contribution in [2.24, 2.45) is 5.92 Å². The molecule has 1 aliphatic rings. The van der Waals surface area contributed by atoms with Gasteiger partial charge in [0.05, 0.1) is 24.6 Å². The fourth-order valence-electron chi connectivity index (χ4n) is 4.93. The number of hydrogen-bond donors (Lipinski definition) is 3. The summed E-state index contributed by atoms with van der Waals surface area (Å²) in [4.78, 5) is 69.4. The number of pyridine rings is 1. The second kappa shape index (κ2) is 14.4. The third-order valence-corrected chi connectivity index (χ3v) is 7.10. The molecule has 0 aliphatic carbocycles. The van der Waals surface area contributed by atoms with Crippen LogP contribution in [0.15, 0.2) is 48.5 Å². The number of aliphatic hydroxyl groups is 1. The largest absolute Gasteiger partial charge is 0.531 e. The monoisotopic (exact) mass is 595 g/mol. The van der Waals surface area contributed by atoms with Crippen molar-refractivity contribution in [2.75, 3.05) is 14.1 Å². The molecule has 0 radical (unpaired) electrons. The minimum absolute atomic E-state index is 0.00232. The van der Waals surface area contributed by atoms with Crippen LogP contribution in [-0.4, -0.2) is 88.6 Å². The Morgan fingerprint density at radius 1 is 1.02 bits per heavy atom. The molecule has 13 heteroatoms. The van der Waals surface area contributed by atoms with Gasteiger partial charge in [0.1, 0.15) is 11.7 Å². The highest BCUT2D eigenvalue weighted by atomic mass is 16.7. The summed E-state index contributed by atoms with van der Waals surface area (Å²) in [6.45, 7) is 5.13. The number of aliphatic hydroxyl groups excluding tert-OH is 1. The zero-order chi connectivity index (χ0) is 31.9. The van der Waals surface area contributed by atoms with Gasteiger partial charge < -0.3 is 29.7 Å². The molecule has 1 saturated heterocycles. The Morgan fingerprint density at radius 3 is 2.28 bits per heavy atom. The van der Waals surface area contributed by atoms with Crippen molar-refractivity contribution in [1.82, 2.24) is 15.2 Å². The third-order valence-electron chi connectivity index (χ3n) is 7.10. The number of ketones is 1. The number of benzene rings is 1. The maximum absolute atomic E-state index is 13.5. The number of Topliss-reactive ketones (excluding diaryl/α,β-unsaturated/α-hetero) is 1. The van der Waals surface area contributed by atoms with Crippen LogP contribution in [0, 0.1) is 5.92 Å². The molecule has 1 fully saturated rings. The molecule has 0 spiro atoms. The van der Waals surface area contributed by atoms with Crippen LogP contribution in [-0.2, 0) is 28.5 Å². The highest BCUT2D eigenvalue weighted by Gasteiger charge is 2.57. The van der Waals surface area contributed by atoms with E-state index in [1.54, 1.807) is 12.1 Å². The fourth-order valence-corrected chi connectivity index (χ4v) is 4.93. The van der Waals surface area contributed by atoms with E-state index in [-0.39, 0.29) is 18.0 Å². The number of carboxylic acids is 1. The molecular weight excluding hydrogens is 557 g/mol. The number of nitrogens with one attached hydrogen (secondary N) is 1. The van der Waals surface area contributed by atoms with E-state index < -0.39 is 73.1 Å². The molecule has 43 heavy (non-hydrogen) atoms. The van der Waals surface area contributed by atoms with Crippen LogP contribution in [0.5, 0.6) is 0 Å². The lowest BCUT2D eigenvalue weighted by molar-refractivity contribution is -0.155. The van der Waals surface area contributed by atoms with Crippen molar-refractivity contribution in [3.8, 4) is 11.3 Å². The van der Waals surface area contributed by atoms with Gasteiger partial charge in [0.25, 0.3) is 5.91 Å². The highest BCUT2D eigenvalue weighted by molar-refractivity contribution is 6.51. The summed E-state index contributed by atoms with van der Waals surface area (Å²) in [5.74, 6) is -4.85. The molecule has 0 unspecified atom stereocenters. The number of aliphatic carboxylic acids is 1. The number of rotatable bonds is 14. The molecule has 0 bridgehead atoms. The maximum atomic E-state index is 13.5. The van der Waals surface area contributed by atoms with E-state index in [1.165, 1.54) is 32.0 Å². The number of carbonyl (C=O) groups is 5. The summed E-state index contributed by atoms with van der Waals surface area (Å²) in [6.07, 6.45) is -2.56. The molecule has 1 aromatic heterocycles. The minimum Gasteiger partial charge on any atom is -0.507 e. The lowest BCUT2D eigenvalue weighted by atomic mass is 9.65. The van der Waals surface area contributed by atoms with Crippen molar-refractivity contribution in [2.45, 2.75) is 70.0 Å². The van der Waals surface area contributed by atoms with Gasteiger partial charge >= 0.3 is 19.1 Å². The lowest BCUT2D eigenvalue weighted by Crippen LogP contribution is -2.48. The van der Waals surface area contributed by atoms with Crippen LogP contribution in [0.2, 0.25) is 5.82 Å². The molecule has 2 aromatic rings. The number of carbonyl (C=O) groups excluding carboxylic acids is 4. The Balaban J connectivity index is 1.80. The van der Waals surface area contributed by atoms with Crippen LogP contribution >= 0.6 is 0 Å². The number of nitrogens with zero attached hydrogens (tertiary/aromatic N) is 2. The molecule has 0 saturated carbocycles. The van der Waals surface area contributed by atoms with Crippen LogP contribution in [0.1, 0.15) is 56.9 Å². The van der Waals surface area contributed by atoms with E-state index >= 15 is 0 Å². The Morgan fingerprint density at radius 2 is 1.70 bits per heavy atom. The van der Waals surface area contributed by atoms with Crippen LogP contribution in [0.3, 0.4) is 0 Å². The lowest BCUT2D eigenvalue weighted by Gasteiger charge is -2.27. The van der Waals surface area contributed by atoms with Crippen LogP contribution < -0.4 is 5.32 Å². The van der Waals surface area contributed by atoms with Gasteiger partial charge in [0.15, 0.2) is 11.4 Å². The van der Waals surface area contributed by atoms with Gasteiger partial charge in [-0.3, -0.25) is 24.0 Å². The summed E-state index contributed by atoms with van der Waals surface area (Å²) in [6, 6.07) is 12.8. The summed E-state index contributed by atoms with van der Waals surface area (Å²) >= 11 is 0. The molecule has 2 amide bonds. The average Bonchev–Trinajstić information content (AvgIpc) is 3.25. The summed E-state index contributed by atoms with van der Waals surface area (Å²) in [7, 11) is 1.61. The normalized spacial score (nSPS) is 18.5. The second-order valence-corrected chi connectivity index (χ2v) is 11.4. The van der Waals surface area contributed by atoms with Gasteiger partial charge in [-0.2, -0.15) is 0 Å². The fraction of sp³-hybridized carbons (Fsp3) is 0.467. The molecule has 1 aromatic carbocycles. The quantitative estimate of drug-likeness (QED) is 0.275. The van der Waals surface area contributed by atoms with Crippen LogP contribution in [0.25, 0.3) is 11.3 Å². The Labute approximate surface area is 250 Å². The average molecular weight is 595 g/mol. The Hall–Kier alpha value is -4.10. The zero-order valence-electron chi connectivity index (χ0n) is 25.0. The van der Waals surface area contributed by atoms with Gasteiger partial charge in [-0.15, -0.1) is 0 Å². The number of carboxylic acid groups (broad SMARTS) is 1. The SMILES string of the molecule is CC(C)C[C@H](CC(=O)[C@@H](NC(=O)c1cccc(-c2ccccc2)n1)[C@@H](C)O)B1OC(=O)[C@](CC(=O)O)(CC(=O)N(C)C)O1. The first kappa shape index (κ1) is 33.4. The smallest absolute Gasteiger partial charge is 0.507 e. The van der Waals surface area contributed by atoms with Gasteiger partial charge in [-0.05, 0) is 31.4 Å². The Kier molecular flexibility index (Phi) is 11.2. The van der Waals surface area contributed by atoms with Crippen molar-refractivity contribution >= 4 is 36.7 Å². The summed E-state index contributed by atoms with van der Waals surface area (Å²) in [5.41, 5.74) is -0.642. The van der Waals surface area contributed by atoms with Crippen molar-refractivity contribution in [3.63, 3.8) is 0 Å². The molecule has 3 rings (SSSR count). The predicted molar refractivity (Wildman–Crippen MR) is 157 cm³/mol. The molecule has 12 nitrogen and oxygen atoms in total. The maximum Gasteiger partial charge on any atom is 0.531 e. The first-order valence-electron chi connectivity index (χ1n) is 14.1. The highest BCUT2D eigenvalue weighted by Crippen LogP contribution is 2.38. The first-order valence-corrected chi connectivity index (χ1v) is 14.1. The molecule has 4 atom stereocenters.